The SMILES string of the molecule is CCC(c1ccc(C(F)(F)F)cc1CN(Cc1cc(C(F)(F)F)cc(C(F)(F)F)c1)c1nnn(C)n1)N1CCC(C)(O)C1. The minimum atomic E-state index is -5.09. The monoisotopic (exact) mass is 624 g/mol. The van der Waals surface area contributed by atoms with Gasteiger partial charge < -0.3 is 10.0 Å². The standard InChI is InChI=1S/C27H29F9N6O/c1-4-22(41-8-7-24(2,43)15-41)21-6-5-18(25(28,29)30)11-17(21)14-42(23-37-39-40(3)38-23)13-16-9-19(26(31,32)33)12-20(10-16)27(34,35)36/h5-6,9-12,22,43H,4,7-8,13-15H2,1-3H3. The first kappa shape index (κ1) is 32.5. The number of aliphatic hydroxyl groups is 1. The number of rotatable bonds is 8. The Bertz CT molecular complexity index is 1400. The Labute approximate surface area is 240 Å². The molecule has 1 aromatic heterocycles. The number of hydrogen-bond donors (Lipinski definition) is 1. The van der Waals surface area contributed by atoms with E-state index in [4.69, 9.17) is 0 Å². The third-order valence-electron chi connectivity index (χ3n) is 7.30. The summed E-state index contributed by atoms with van der Waals surface area (Å²) in [5.41, 5.74) is -4.89. The van der Waals surface area contributed by atoms with Gasteiger partial charge in [0.1, 0.15) is 0 Å². The number of hydrogen-bond acceptors (Lipinski definition) is 6. The Kier molecular flexibility index (Phi) is 8.77. The maximum Gasteiger partial charge on any atom is 0.416 e. The van der Waals surface area contributed by atoms with Crippen LogP contribution in [0, 0.1) is 0 Å². The van der Waals surface area contributed by atoms with Crippen LogP contribution in [0.4, 0.5) is 45.5 Å². The molecular weight excluding hydrogens is 595 g/mol. The highest BCUT2D eigenvalue weighted by Crippen LogP contribution is 2.39. The van der Waals surface area contributed by atoms with Crippen molar-refractivity contribution in [3.8, 4) is 0 Å². The van der Waals surface area contributed by atoms with Crippen LogP contribution in [-0.2, 0) is 38.7 Å². The molecule has 0 spiro atoms. The van der Waals surface area contributed by atoms with Crippen molar-refractivity contribution < 1.29 is 44.6 Å². The second-order valence-corrected chi connectivity index (χ2v) is 10.9. The van der Waals surface area contributed by atoms with E-state index in [1.807, 2.05) is 11.8 Å². The van der Waals surface area contributed by atoms with Crippen LogP contribution in [0.1, 0.15) is 66.1 Å². The number of nitrogens with zero attached hydrogens (tertiary/aromatic N) is 6. The van der Waals surface area contributed by atoms with Crippen LogP contribution < -0.4 is 4.90 Å². The predicted molar refractivity (Wildman–Crippen MR) is 136 cm³/mol. The van der Waals surface area contributed by atoms with Crippen molar-refractivity contribution in [3.05, 3.63) is 69.8 Å². The lowest BCUT2D eigenvalue weighted by Crippen LogP contribution is -2.33. The largest absolute Gasteiger partial charge is 0.416 e. The van der Waals surface area contributed by atoms with E-state index in [1.165, 1.54) is 18.0 Å². The van der Waals surface area contributed by atoms with Crippen LogP contribution in [0.15, 0.2) is 36.4 Å². The highest BCUT2D eigenvalue weighted by atomic mass is 19.4. The molecule has 2 unspecified atom stereocenters. The number of benzene rings is 2. The Morgan fingerprint density at radius 1 is 0.907 bits per heavy atom. The second-order valence-electron chi connectivity index (χ2n) is 10.9. The predicted octanol–water partition coefficient (Wildman–Crippen LogP) is 6.38. The van der Waals surface area contributed by atoms with Crippen molar-refractivity contribution in [2.75, 3.05) is 18.0 Å². The van der Waals surface area contributed by atoms with E-state index in [2.05, 4.69) is 15.4 Å². The van der Waals surface area contributed by atoms with Gasteiger partial charge in [-0.15, -0.1) is 5.10 Å². The number of β-amino-alcohol motifs (C(OH)–C–C–N with tert-alkyl or cyclic N) is 1. The van der Waals surface area contributed by atoms with Crippen molar-refractivity contribution in [1.29, 1.82) is 0 Å². The molecule has 43 heavy (non-hydrogen) atoms. The van der Waals surface area contributed by atoms with Crippen molar-refractivity contribution >= 4 is 5.95 Å². The van der Waals surface area contributed by atoms with E-state index < -0.39 is 65.5 Å². The molecule has 1 saturated heterocycles. The minimum Gasteiger partial charge on any atom is -0.389 e. The third-order valence-corrected chi connectivity index (χ3v) is 7.30. The van der Waals surface area contributed by atoms with E-state index in [1.54, 1.807) is 6.92 Å². The van der Waals surface area contributed by atoms with Crippen LogP contribution in [0.5, 0.6) is 0 Å². The quantitative estimate of drug-likeness (QED) is 0.294. The normalized spacial score (nSPS) is 19.2. The molecule has 3 aromatic rings. The molecule has 0 aliphatic carbocycles. The number of likely N-dealkylation sites (tertiary alicyclic amines) is 1. The van der Waals surface area contributed by atoms with E-state index in [0.29, 0.717) is 37.1 Å². The summed E-state index contributed by atoms with van der Waals surface area (Å²) in [4.78, 5) is 4.11. The molecule has 7 nitrogen and oxygen atoms in total. The highest BCUT2D eigenvalue weighted by molar-refractivity contribution is 5.42. The molecule has 0 saturated carbocycles. The lowest BCUT2D eigenvalue weighted by atomic mass is 9.94. The van der Waals surface area contributed by atoms with Gasteiger partial charge in [0.2, 0.25) is 0 Å². The van der Waals surface area contributed by atoms with Gasteiger partial charge >= 0.3 is 18.5 Å². The molecule has 4 rings (SSSR count). The van der Waals surface area contributed by atoms with E-state index in [-0.39, 0.29) is 24.1 Å². The summed E-state index contributed by atoms with van der Waals surface area (Å²) in [6, 6.07) is 3.79. The van der Waals surface area contributed by atoms with Gasteiger partial charge in [0.15, 0.2) is 0 Å². The highest BCUT2D eigenvalue weighted by Gasteiger charge is 2.39. The average Bonchev–Trinajstić information content (AvgIpc) is 3.47. The molecule has 2 aromatic carbocycles. The Morgan fingerprint density at radius 2 is 1.51 bits per heavy atom. The fourth-order valence-electron chi connectivity index (χ4n) is 5.30. The fourth-order valence-corrected chi connectivity index (χ4v) is 5.30. The van der Waals surface area contributed by atoms with Gasteiger partial charge in [0, 0.05) is 32.2 Å². The second kappa shape index (κ2) is 11.6. The van der Waals surface area contributed by atoms with Crippen LogP contribution in [-0.4, -0.2) is 48.9 Å². The van der Waals surface area contributed by atoms with Crippen molar-refractivity contribution in [1.82, 2.24) is 25.1 Å². The van der Waals surface area contributed by atoms with E-state index in [9.17, 15) is 44.6 Å². The van der Waals surface area contributed by atoms with Gasteiger partial charge in [0.25, 0.3) is 5.95 Å². The Balaban J connectivity index is 1.82. The third kappa shape index (κ3) is 7.77. The molecule has 2 heterocycles. The van der Waals surface area contributed by atoms with Gasteiger partial charge in [0.05, 0.1) is 29.3 Å². The number of aryl methyl sites for hydroxylation is 1. The number of alkyl halides is 9. The number of halogens is 9. The summed E-state index contributed by atoms with van der Waals surface area (Å²) in [5, 5.41) is 22.0. The molecule has 16 heteroatoms. The number of tetrazole rings is 1. The van der Waals surface area contributed by atoms with Crippen molar-refractivity contribution in [2.45, 2.75) is 70.0 Å². The van der Waals surface area contributed by atoms with Crippen LogP contribution in [0.3, 0.4) is 0 Å². The minimum absolute atomic E-state index is 0.00384. The summed E-state index contributed by atoms with van der Waals surface area (Å²) in [7, 11) is 1.38. The summed E-state index contributed by atoms with van der Waals surface area (Å²) in [5.74, 6) is -0.214. The van der Waals surface area contributed by atoms with Gasteiger partial charge in [-0.05, 0) is 72.0 Å². The summed E-state index contributed by atoms with van der Waals surface area (Å²) < 4.78 is 123. The number of aromatic nitrogens is 4. The maximum atomic E-state index is 13.8. The van der Waals surface area contributed by atoms with Gasteiger partial charge in [-0.3, -0.25) is 4.90 Å². The zero-order valence-electron chi connectivity index (χ0n) is 23.3. The lowest BCUT2D eigenvalue weighted by molar-refractivity contribution is -0.143. The zero-order valence-corrected chi connectivity index (χ0v) is 23.3. The molecule has 0 bridgehead atoms. The first-order chi connectivity index (χ1) is 19.8. The number of anilines is 1. The molecule has 236 valence electrons. The fraction of sp³-hybridized carbons (Fsp3) is 0.519. The first-order valence-corrected chi connectivity index (χ1v) is 13.2. The van der Waals surface area contributed by atoms with E-state index in [0.717, 1.165) is 16.9 Å². The summed E-state index contributed by atoms with van der Waals surface area (Å²) >= 11 is 0. The molecule has 1 N–H and O–H groups in total. The topological polar surface area (TPSA) is 70.3 Å². The summed E-state index contributed by atoms with van der Waals surface area (Å²) in [6.45, 7) is 3.19. The van der Waals surface area contributed by atoms with Gasteiger partial charge in [-0.25, -0.2) is 0 Å². The van der Waals surface area contributed by atoms with Crippen LogP contribution in [0.25, 0.3) is 0 Å². The molecule has 0 radical (unpaired) electrons. The average molecular weight is 625 g/mol. The molecule has 1 aliphatic heterocycles. The zero-order chi connectivity index (χ0) is 32.0. The van der Waals surface area contributed by atoms with Crippen LogP contribution >= 0.6 is 0 Å². The van der Waals surface area contributed by atoms with Crippen molar-refractivity contribution in [2.24, 2.45) is 7.05 Å². The van der Waals surface area contributed by atoms with Gasteiger partial charge in [-0.1, -0.05) is 18.1 Å². The molecule has 1 aliphatic rings. The molecule has 0 amide bonds. The Hall–Kier alpha value is -3.40. The maximum absolute atomic E-state index is 13.8. The molecular formula is C27H29F9N6O. The lowest BCUT2D eigenvalue weighted by Gasteiger charge is -2.31. The Morgan fingerprint density at radius 3 is 1.98 bits per heavy atom. The van der Waals surface area contributed by atoms with Crippen molar-refractivity contribution in [3.63, 3.8) is 0 Å². The smallest absolute Gasteiger partial charge is 0.389 e. The van der Waals surface area contributed by atoms with Crippen LogP contribution in [0.2, 0.25) is 0 Å². The molecule has 1 fully saturated rings. The van der Waals surface area contributed by atoms with E-state index >= 15 is 0 Å². The van der Waals surface area contributed by atoms with Gasteiger partial charge in [-0.2, -0.15) is 44.3 Å². The molecule has 2 atom stereocenters. The first-order valence-electron chi connectivity index (χ1n) is 13.2. The summed E-state index contributed by atoms with van der Waals surface area (Å²) in [6.07, 6.45) is -14.0.